The van der Waals surface area contributed by atoms with E-state index in [1.165, 1.54) is 17.2 Å². The summed E-state index contributed by atoms with van der Waals surface area (Å²) in [4.78, 5) is 0. The van der Waals surface area contributed by atoms with Gasteiger partial charge in [-0.1, -0.05) is 53.6 Å². The molecular weight excluding hydrogens is 261 g/mol. The maximum Gasteiger partial charge on any atom is 0.142 e. The van der Waals surface area contributed by atoms with E-state index in [-0.39, 0.29) is 16.9 Å². The summed E-state index contributed by atoms with van der Waals surface area (Å²) in [5, 5.41) is 3.48. The predicted molar refractivity (Wildman–Crippen MR) is 78.1 cm³/mol. The summed E-state index contributed by atoms with van der Waals surface area (Å²) in [5.74, 6) is -0.363. The van der Waals surface area contributed by atoms with Crippen LogP contribution in [-0.2, 0) is 6.42 Å². The lowest BCUT2D eigenvalue weighted by Gasteiger charge is -2.18. The Balaban J connectivity index is 2.26. The van der Waals surface area contributed by atoms with Gasteiger partial charge in [-0.2, -0.15) is 0 Å². The van der Waals surface area contributed by atoms with Gasteiger partial charge in [-0.05, 0) is 37.6 Å². The standard InChI is InChI=1S/C16H17ClFN/c1-11-5-3-6-12(9-11)15(19-2)10-13-7-4-8-14(18)16(13)17/h3-9,15,19H,10H2,1-2H3. The maximum atomic E-state index is 13.4. The molecule has 2 aromatic carbocycles. The van der Waals surface area contributed by atoms with E-state index < -0.39 is 0 Å². The van der Waals surface area contributed by atoms with Crippen LogP contribution in [0.4, 0.5) is 4.39 Å². The number of rotatable bonds is 4. The summed E-state index contributed by atoms with van der Waals surface area (Å²) in [6.07, 6.45) is 0.663. The number of aryl methyl sites for hydroxylation is 1. The Kier molecular flexibility index (Phi) is 4.56. The van der Waals surface area contributed by atoms with Crippen molar-refractivity contribution in [3.05, 3.63) is 70.0 Å². The van der Waals surface area contributed by atoms with Gasteiger partial charge >= 0.3 is 0 Å². The molecular formula is C16H17ClFN. The molecule has 2 aromatic rings. The molecule has 0 radical (unpaired) electrons. The van der Waals surface area contributed by atoms with Crippen LogP contribution < -0.4 is 5.32 Å². The molecule has 0 amide bonds. The van der Waals surface area contributed by atoms with Crippen LogP contribution in [0.25, 0.3) is 0 Å². The maximum absolute atomic E-state index is 13.4. The summed E-state index contributed by atoms with van der Waals surface area (Å²) in [6.45, 7) is 2.06. The zero-order valence-electron chi connectivity index (χ0n) is 11.1. The van der Waals surface area contributed by atoms with Crippen molar-refractivity contribution in [3.63, 3.8) is 0 Å². The molecule has 0 bridgehead atoms. The lowest BCUT2D eigenvalue weighted by atomic mass is 9.97. The summed E-state index contributed by atoms with van der Waals surface area (Å²) in [7, 11) is 1.90. The Morgan fingerprint density at radius 2 is 1.95 bits per heavy atom. The molecule has 1 unspecified atom stereocenters. The molecule has 0 aliphatic carbocycles. The average molecular weight is 278 g/mol. The second kappa shape index (κ2) is 6.18. The number of nitrogens with one attached hydrogen (secondary N) is 1. The van der Waals surface area contributed by atoms with E-state index in [2.05, 4.69) is 30.4 Å². The number of hydrogen-bond donors (Lipinski definition) is 1. The van der Waals surface area contributed by atoms with Crippen molar-refractivity contribution in [3.8, 4) is 0 Å². The lowest BCUT2D eigenvalue weighted by molar-refractivity contribution is 0.584. The molecule has 0 aliphatic rings. The molecule has 0 spiro atoms. The summed E-state index contributed by atoms with van der Waals surface area (Å²) < 4.78 is 13.4. The fourth-order valence-corrected chi connectivity index (χ4v) is 2.40. The highest BCUT2D eigenvalue weighted by atomic mass is 35.5. The van der Waals surface area contributed by atoms with E-state index in [1.807, 2.05) is 19.2 Å². The van der Waals surface area contributed by atoms with Gasteiger partial charge in [0.1, 0.15) is 5.82 Å². The van der Waals surface area contributed by atoms with Crippen LogP contribution in [0, 0.1) is 12.7 Å². The summed E-state index contributed by atoms with van der Waals surface area (Å²) in [6, 6.07) is 13.4. The van der Waals surface area contributed by atoms with Gasteiger partial charge in [0.15, 0.2) is 0 Å². The van der Waals surface area contributed by atoms with Crippen molar-refractivity contribution >= 4 is 11.6 Å². The van der Waals surface area contributed by atoms with E-state index in [9.17, 15) is 4.39 Å². The first-order chi connectivity index (χ1) is 9.11. The van der Waals surface area contributed by atoms with Gasteiger partial charge in [-0.25, -0.2) is 4.39 Å². The third kappa shape index (κ3) is 3.34. The van der Waals surface area contributed by atoms with Crippen molar-refractivity contribution in [2.75, 3.05) is 7.05 Å². The first-order valence-electron chi connectivity index (χ1n) is 6.28. The van der Waals surface area contributed by atoms with Crippen molar-refractivity contribution < 1.29 is 4.39 Å². The average Bonchev–Trinajstić information content (AvgIpc) is 2.40. The molecule has 0 aromatic heterocycles. The molecule has 19 heavy (non-hydrogen) atoms. The van der Waals surface area contributed by atoms with Crippen molar-refractivity contribution in [2.45, 2.75) is 19.4 Å². The first kappa shape index (κ1) is 14.0. The van der Waals surface area contributed by atoms with Crippen LogP contribution in [0.15, 0.2) is 42.5 Å². The second-order valence-electron chi connectivity index (χ2n) is 4.67. The molecule has 0 fully saturated rings. The Morgan fingerprint density at radius 1 is 1.21 bits per heavy atom. The smallest absolute Gasteiger partial charge is 0.142 e. The molecule has 1 nitrogen and oxygen atoms in total. The highest BCUT2D eigenvalue weighted by Crippen LogP contribution is 2.25. The van der Waals surface area contributed by atoms with Gasteiger partial charge in [0.05, 0.1) is 5.02 Å². The Hall–Kier alpha value is -1.38. The van der Waals surface area contributed by atoms with E-state index in [0.717, 1.165) is 5.56 Å². The van der Waals surface area contributed by atoms with Gasteiger partial charge in [0.2, 0.25) is 0 Å². The largest absolute Gasteiger partial charge is 0.313 e. The SMILES string of the molecule is CNC(Cc1cccc(F)c1Cl)c1cccc(C)c1. The first-order valence-corrected chi connectivity index (χ1v) is 6.66. The third-order valence-corrected chi connectivity index (χ3v) is 3.67. The molecule has 0 saturated heterocycles. The van der Waals surface area contributed by atoms with E-state index in [4.69, 9.17) is 11.6 Å². The zero-order chi connectivity index (χ0) is 13.8. The van der Waals surface area contributed by atoms with E-state index in [1.54, 1.807) is 6.07 Å². The van der Waals surface area contributed by atoms with Gasteiger partial charge in [0.25, 0.3) is 0 Å². The number of benzene rings is 2. The van der Waals surface area contributed by atoms with Crippen molar-refractivity contribution in [2.24, 2.45) is 0 Å². The normalized spacial score (nSPS) is 12.4. The van der Waals surface area contributed by atoms with Gasteiger partial charge < -0.3 is 5.32 Å². The van der Waals surface area contributed by atoms with Gasteiger partial charge in [-0.15, -0.1) is 0 Å². The van der Waals surface area contributed by atoms with E-state index >= 15 is 0 Å². The van der Waals surface area contributed by atoms with Gasteiger partial charge in [-0.3, -0.25) is 0 Å². The Labute approximate surface area is 118 Å². The van der Waals surface area contributed by atoms with Gasteiger partial charge in [0, 0.05) is 6.04 Å². The van der Waals surface area contributed by atoms with Crippen LogP contribution in [0.2, 0.25) is 5.02 Å². The predicted octanol–water partition coefficient (Wildman–Crippen LogP) is 4.29. The van der Waals surface area contributed by atoms with E-state index in [0.29, 0.717) is 6.42 Å². The van der Waals surface area contributed by atoms with Crippen LogP contribution >= 0.6 is 11.6 Å². The topological polar surface area (TPSA) is 12.0 Å². The fourth-order valence-electron chi connectivity index (χ4n) is 2.20. The molecule has 0 aliphatic heterocycles. The monoisotopic (exact) mass is 277 g/mol. The molecule has 3 heteroatoms. The highest BCUT2D eigenvalue weighted by Gasteiger charge is 2.13. The highest BCUT2D eigenvalue weighted by molar-refractivity contribution is 6.31. The summed E-state index contributed by atoms with van der Waals surface area (Å²) in [5.41, 5.74) is 3.22. The fraction of sp³-hybridized carbons (Fsp3) is 0.250. The van der Waals surface area contributed by atoms with Crippen LogP contribution in [0.3, 0.4) is 0 Å². The minimum Gasteiger partial charge on any atom is -0.313 e. The zero-order valence-corrected chi connectivity index (χ0v) is 11.8. The molecule has 0 heterocycles. The van der Waals surface area contributed by atoms with Crippen LogP contribution in [-0.4, -0.2) is 7.05 Å². The number of hydrogen-bond acceptors (Lipinski definition) is 1. The minimum absolute atomic E-state index is 0.124. The minimum atomic E-state index is -0.363. The Morgan fingerprint density at radius 3 is 2.63 bits per heavy atom. The number of likely N-dealkylation sites (N-methyl/N-ethyl adjacent to an activating group) is 1. The Bertz CT molecular complexity index is 568. The molecule has 1 atom stereocenters. The molecule has 100 valence electrons. The molecule has 0 saturated carbocycles. The second-order valence-corrected chi connectivity index (χ2v) is 5.05. The number of halogens is 2. The third-order valence-electron chi connectivity index (χ3n) is 3.25. The van der Waals surface area contributed by atoms with Crippen LogP contribution in [0.5, 0.6) is 0 Å². The van der Waals surface area contributed by atoms with Crippen LogP contribution in [0.1, 0.15) is 22.7 Å². The molecule has 2 rings (SSSR count). The van der Waals surface area contributed by atoms with Crippen molar-refractivity contribution in [1.82, 2.24) is 5.32 Å². The lowest BCUT2D eigenvalue weighted by Crippen LogP contribution is -2.19. The summed E-state index contributed by atoms with van der Waals surface area (Å²) >= 11 is 6.01. The quantitative estimate of drug-likeness (QED) is 0.879. The molecule has 1 N–H and O–H groups in total. The van der Waals surface area contributed by atoms with Crippen molar-refractivity contribution in [1.29, 1.82) is 0 Å².